The summed E-state index contributed by atoms with van der Waals surface area (Å²) in [7, 11) is 1.57. The maximum absolute atomic E-state index is 7.76. The van der Waals surface area contributed by atoms with E-state index in [2.05, 4.69) is 20.3 Å². The fraction of sp³-hybridized carbons (Fsp3) is 0.154. The highest BCUT2D eigenvalue weighted by atomic mass is 16.5. The molecule has 2 N–H and O–H groups in total. The molecule has 1 heterocycles. The van der Waals surface area contributed by atoms with Gasteiger partial charge < -0.3 is 20.2 Å². The summed E-state index contributed by atoms with van der Waals surface area (Å²) >= 11 is 0. The summed E-state index contributed by atoms with van der Waals surface area (Å²) in [5.74, 6) is 2.31. The SMILES string of the molecule is COCC(=N)CN=Cc1ccc2ncnc(Nc3ccc(Oc4ccccc4)c(C)c3)c2c1. The molecule has 0 saturated heterocycles. The molecule has 4 aromatic rings. The van der Waals surface area contributed by atoms with Crippen molar-refractivity contribution in [2.45, 2.75) is 6.92 Å². The minimum Gasteiger partial charge on any atom is -0.457 e. The van der Waals surface area contributed by atoms with Gasteiger partial charge in [-0.1, -0.05) is 24.3 Å². The standard InChI is InChI=1S/C26H25N5O2/c1-18-12-21(9-11-25(18)33-22-6-4-3-5-7-22)31-26-23-13-19(8-10-24(23)29-17-30-26)14-28-15-20(27)16-32-2/h3-14,17,27H,15-16H2,1-2H3,(H,29,30,31). The number of aromatic nitrogens is 2. The van der Waals surface area contributed by atoms with Gasteiger partial charge in [-0.25, -0.2) is 9.97 Å². The van der Waals surface area contributed by atoms with Crippen LogP contribution >= 0.6 is 0 Å². The van der Waals surface area contributed by atoms with Crippen LogP contribution in [0.25, 0.3) is 10.9 Å². The minimum absolute atomic E-state index is 0.283. The van der Waals surface area contributed by atoms with Gasteiger partial charge in [-0.15, -0.1) is 0 Å². The predicted molar refractivity (Wildman–Crippen MR) is 133 cm³/mol. The summed E-state index contributed by atoms with van der Waals surface area (Å²) in [6, 6.07) is 21.5. The number of hydrogen-bond donors (Lipinski definition) is 2. The van der Waals surface area contributed by atoms with Crippen LogP contribution in [0.2, 0.25) is 0 Å². The fourth-order valence-corrected chi connectivity index (χ4v) is 3.33. The number of aryl methyl sites for hydroxylation is 1. The van der Waals surface area contributed by atoms with Gasteiger partial charge in [-0.05, 0) is 60.5 Å². The quantitative estimate of drug-likeness (QED) is 0.333. The van der Waals surface area contributed by atoms with E-state index in [1.165, 1.54) is 0 Å². The topological polar surface area (TPSA) is 92.5 Å². The number of rotatable bonds is 9. The van der Waals surface area contributed by atoms with Crippen molar-refractivity contribution in [1.29, 1.82) is 5.41 Å². The lowest BCUT2D eigenvalue weighted by molar-refractivity contribution is 0.244. The molecule has 7 nitrogen and oxygen atoms in total. The second kappa shape index (κ2) is 10.5. The molecule has 7 heteroatoms. The first-order chi connectivity index (χ1) is 16.1. The summed E-state index contributed by atoms with van der Waals surface area (Å²) < 4.78 is 10.9. The van der Waals surface area contributed by atoms with Gasteiger partial charge in [0.05, 0.1) is 24.4 Å². The molecule has 0 atom stereocenters. The van der Waals surface area contributed by atoms with E-state index >= 15 is 0 Å². The van der Waals surface area contributed by atoms with Gasteiger partial charge in [0.25, 0.3) is 0 Å². The largest absolute Gasteiger partial charge is 0.457 e. The van der Waals surface area contributed by atoms with Crippen LogP contribution in [-0.4, -0.2) is 42.2 Å². The number of nitrogens with one attached hydrogen (secondary N) is 2. The van der Waals surface area contributed by atoms with Gasteiger partial charge in [0, 0.05) is 24.4 Å². The van der Waals surface area contributed by atoms with Gasteiger partial charge in [0.2, 0.25) is 0 Å². The molecule has 0 unspecified atom stereocenters. The number of benzene rings is 3. The Kier molecular flexibility index (Phi) is 7.02. The lowest BCUT2D eigenvalue weighted by Gasteiger charge is -2.12. The van der Waals surface area contributed by atoms with Gasteiger partial charge in [0.1, 0.15) is 23.6 Å². The van der Waals surface area contributed by atoms with Gasteiger partial charge >= 0.3 is 0 Å². The third-order valence-corrected chi connectivity index (χ3v) is 4.91. The molecular weight excluding hydrogens is 414 g/mol. The molecule has 1 aromatic heterocycles. The van der Waals surface area contributed by atoms with Crippen molar-refractivity contribution in [3.8, 4) is 11.5 Å². The van der Waals surface area contributed by atoms with Gasteiger partial charge in [-0.2, -0.15) is 0 Å². The molecule has 0 aliphatic heterocycles. The average molecular weight is 440 g/mol. The number of fused-ring (bicyclic) bond motifs is 1. The van der Waals surface area contributed by atoms with E-state index < -0.39 is 0 Å². The van der Waals surface area contributed by atoms with Gasteiger partial charge in [-0.3, -0.25) is 4.99 Å². The molecule has 0 fully saturated rings. The molecule has 3 aromatic carbocycles. The number of ether oxygens (including phenoxy) is 2. The molecular formula is C26H25N5O2. The number of anilines is 2. The first-order valence-electron chi connectivity index (χ1n) is 10.5. The van der Waals surface area contributed by atoms with Crippen molar-refractivity contribution in [1.82, 2.24) is 9.97 Å². The smallest absolute Gasteiger partial charge is 0.141 e. The van der Waals surface area contributed by atoms with Crippen LogP contribution in [0.15, 0.2) is 78.0 Å². The average Bonchev–Trinajstić information content (AvgIpc) is 2.82. The Bertz CT molecular complexity index is 1290. The van der Waals surface area contributed by atoms with Crippen LogP contribution in [0.5, 0.6) is 11.5 Å². The Morgan fingerprint density at radius 2 is 1.91 bits per heavy atom. The Morgan fingerprint density at radius 1 is 1.06 bits per heavy atom. The first kappa shape index (κ1) is 22.1. The van der Waals surface area contributed by atoms with Crippen LogP contribution in [-0.2, 0) is 4.74 Å². The fourth-order valence-electron chi connectivity index (χ4n) is 3.33. The summed E-state index contributed by atoms with van der Waals surface area (Å²) in [4.78, 5) is 13.1. The number of methoxy groups -OCH3 is 1. The van der Waals surface area contributed by atoms with Gasteiger partial charge in [0.15, 0.2) is 0 Å². The van der Waals surface area contributed by atoms with Crippen molar-refractivity contribution in [3.63, 3.8) is 0 Å². The zero-order valence-electron chi connectivity index (χ0n) is 18.6. The van der Waals surface area contributed by atoms with Crippen LogP contribution in [0.4, 0.5) is 11.5 Å². The Labute approximate surface area is 192 Å². The summed E-state index contributed by atoms with van der Waals surface area (Å²) in [5.41, 5.74) is 4.08. The highest BCUT2D eigenvalue weighted by molar-refractivity contribution is 5.96. The van der Waals surface area contributed by atoms with Crippen molar-refractivity contribution >= 4 is 34.3 Å². The van der Waals surface area contributed by atoms with Crippen molar-refractivity contribution < 1.29 is 9.47 Å². The zero-order chi connectivity index (χ0) is 23.0. The second-order valence-electron chi connectivity index (χ2n) is 7.53. The van der Waals surface area contributed by atoms with E-state index in [0.717, 1.165) is 39.2 Å². The second-order valence-corrected chi connectivity index (χ2v) is 7.53. The van der Waals surface area contributed by atoms with E-state index in [0.29, 0.717) is 18.1 Å². The van der Waals surface area contributed by atoms with Crippen molar-refractivity contribution in [2.75, 3.05) is 25.6 Å². The number of aliphatic imine (C=N–C) groups is 1. The van der Waals surface area contributed by atoms with E-state index in [4.69, 9.17) is 14.9 Å². The third-order valence-electron chi connectivity index (χ3n) is 4.91. The molecule has 0 bridgehead atoms. The first-order valence-corrected chi connectivity index (χ1v) is 10.5. The summed E-state index contributed by atoms with van der Waals surface area (Å²) in [5, 5.41) is 12.0. The summed E-state index contributed by atoms with van der Waals surface area (Å²) in [6.45, 7) is 2.60. The minimum atomic E-state index is 0.283. The monoisotopic (exact) mass is 439 g/mol. The van der Waals surface area contributed by atoms with Crippen molar-refractivity contribution in [2.24, 2.45) is 4.99 Å². The van der Waals surface area contributed by atoms with E-state index in [1.54, 1.807) is 19.7 Å². The molecule has 0 aliphatic carbocycles. The van der Waals surface area contributed by atoms with E-state index in [1.807, 2.05) is 73.7 Å². The van der Waals surface area contributed by atoms with Crippen LogP contribution in [0, 0.1) is 12.3 Å². The maximum Gasteiger partial charge on any atom is 0.141 e. The molecule has 0 spiro atoms. The van der Waals surface area contributed by atoms with Crippen LogP contribution < -0.4 is 10.1 Å². The van der Waals surface area contributed by atoms with E-state index in [9.17, 15) is 0 Å². The Hall–Kier alpha value is -4.10. The maximum atomic E-state index is 7.76. The number of nitrogens with zero attached hydrogens (tertiary/aromatic N) is 3. The lowest BCUT2D eigenvalue weighted by Crippen LogP contribution is -2.08. The number of para-hydroxylation sites is 1. The Balaban J connectivity index is 1.53. The van der Waals surface area contributed by atoms with Crippen molar-refractivity contribution in [3.05, 3.63) is 84.2 Å². The lowest BCUT2D eigenvalue weighted by atomic mass is 10.1. The van der Waals surface area contributed by atoms with Crippen LogP contribution in [0.3, 0.4) is 0 Å². The molecule has 4 rings (SSSR count). The predicted octanol–water partition coefficient (Wildman–Crippen LogP) is 5.56. The molecule has 166 valence electrons. The molecule has 33 heavy (non-hydrogen) atoms. The third kappa shape index (κ3) is 5.78. The normalized spacial score (nSPS) is 11.1. The number of hydrogen-bond acceptors (Lipinski definition) is 7. The highest BCUT2D eigenvalue weighted by Gasteiger charge is 2.08. The summed E-state index contributed by atoms with van der Waals surface area (Å²) in [6.07, 6.45) is 3.30. The van der Waals surface area contributed by atoms with E-state index in [-0.39, 0.29) is 6.61 Å². The molecule has 0 aliphatic rings. The van der Waals surface area contributed by atoms with Crippen LogP contribution in [0.1, 0.15) is 11.1 Å². The molecule has 0 amide bonds. The molecule has 0 saturated carbocycles. The zero-order valence-corrected chi connectivity index (χ0v) is 18.6. The molecule has 0 radical (unpaired) electrons. The Morgan fingerprint density at radius 3 is 2.70 bits per heavy atom. The highest BCUT2D eigenvalue weighted by Crippen LogP contribution is 2.29.